The molecule has 2 aliphatic rings. The predicted octanol–water partition coefficient (Wildman–Crippen LogP) is 0.634. The van der Waals surface area contributed by atoms with E-state index in [9.17, 15) is 8.42 Å². The van der Waals surface area contributed by atoms with Crippen molar-refractivity contribution in [2.75, 3.05) is 19.7 Å². The van der Waals surface area contributed by atoms with Crippen molar-refractivity contribution in [2.45, 2.75) is 38.1 Å². The number of rotatable bonds is 4. The molecule has 0 aromatic carbocycles. The highest BCUT2D eigenvalue weighted by molar-refractivity contribution is 7.87. The largest absolute Gasteiger partial charge is 0.396 e. The van der Waals surface area contributed by atoms with Crippen molar-refractivity contribution < 1.29 is 13.5 Å². The summed E-state index contributed by atoms with van der Waals surface area (Å²) in [7, 11) is -3.37. The highest BCUT2D eigenvalue weighted by Gasteiger charge is 2.27. The summed E-state index contributed by atoms with van der Waals surface area (Å²) < 4.78 is 28.7. The molecule has 0 amide bonds. The third kappa shape index (κ3) is 3.54. The Morgan fingerprint density at radius 1 is 1.17 bits per heavy atom. The topological polar surface area (TPSA) is 69.6 Å². The molecular formula is C12H22N2O3S. The van der Waals surface area contributed by atoms with Crippen molar-refractivity contribution in [3.8, 4) is 0 Å². The van der Waals surface area contributed by atoms with E-state index in [0.717, 1.165) is 25.7 Å². The highest BCUT2D eigenvalue weighted by Crippen LogP contribution is 2.19. The Morgan fingerprint density at radius 3 is 2.39 bits per heavy atom. The van der Waals surface area contributed by atoms with Crippen molar-refractivity contribution in [1.29, 1.82) is 0 Å². The Hall–Kier alpha value is -0.430. The average molecular weight is 274 g/mol. The van der Waals surface area contributed by atoms with Crippen LogP contribution in [-0.4, -0.2) is 43.6 Å². The molecule has 0 bridgehead atoms. The molecule has 1 saturated heterocycles. The number of hydrogen-bond donors (Lipinski definition) is 2. The lowest BCUT2D eigenvalue weighted by Crippen LogP contribution is -2.44. The molecule has 2 atom stereocenters. The van der Waals surface area contributed by atoms with E-state index in [4.69, 9.17) is 5.11 Å². The summed E-state index contributed by atoms with van der Waals surface area (Å²) in [6, 6.07) is -0.171. The molecule has 18 heavy (non-hydrogen) atoms. The number of aliphatic hydroxyl groups excluding tert-OH is 1. The second-order valence-corrected chi connectivity index (χ2v) is 6.81. The van der Waals surface area contributed by atoms with Crippen LogP contribution in [0.1, 0.15) is 32.1 Å². The minimum Gasteiger partial charge on any atom is -0.396 e. The van der Waals surface area contributed by atoms with Crippen LogP contribution in [0.5, 0.6) is 0 Å². The maximum absolute atomic E-state index is 12.2. The molecule has 104 valence electrons. The van der Waals surface area contributed by atoms with Crippen molar-refractivity contribution >= 4 is 10.2 Å². The summed E-state index contributed by atoms with van der Waals surface area (Å²) in [6.45, 7) is 1.32. The standard InChI is InChI=1S/C12H22N2O3S/c15-10-11-5-6-12(9-11)13-18(16,17)14-7-3-1-2-4-8-14/h5-6,11-13,15H,1-4,7-10H2/t11-,12+/m0/s1. The van der Waals surface area contributed by atoms with Gasteiger partial charge in [-0.15, -0.1) is 0 Å². The van der Waals surface area contributed by atoms with E-state index in [1.165, 1.54) is 0 Å². The second kappa shape index (κ2) is 6.14. The van der Waals surface area contributed by atoms with E-state index in [0.29, 0.717) is 19.5 Å². The fourth-order valence-electron chi connectivity index (χ4n) is 2.55. The van der Waals surface area contributed by atoms with E-state index in [-0.39, 0.29) is 18.6 Å². The van der Waals surface area contributed by atoms with Crippen LogP contribution in [0.4, 0.5) is 0 Å². The molecule has 0 saturated carbocycles. The van der Waals surface area contributed by atoms with Gasteiger partial charge in [-0.2, -0.15) is 17.4 Å². The smallest absolute Gasteiger partial charge is 0.279 e. The number of hydrogen-bond acceptors (Lipinski definition) is 3. The van der Waals surface area contributed by atoms with E-state index < -0.39 is 10.2 Å². The molecule has 2 rings (SSSR count). The molecule has 1 fully saturated rings. The van der Waals surface area contributed by atoms with Gasteiger partial charge in [0.25, 0.3) is 10.2 Å². The molecule has 0 aromatic rings. The summed E-state index contributed by atoms with van der Waals surface area (Å²) in [6.07, 6.45) is 8.50. The molecular weight excluding hydrogens is 252 g/mol. The zero-order valence-electron chi connectivity index (χ0n) is 10.6. The Labute approximate surface area is 109 Å². The fraction of sp³-hybridized carbons (Fsp3) is 0.833. The third-order valence-electron chi connectivity index (χ3n) is 3.61. The zero-order chi connectivity index (χ0) is 13.0. The van der Waals surface area contributed by atoms with Crippen LogP contribution in [0.2, 0.25) is 0 Å². The van der Waals surface area contributed by atoms with Crippen molar-refractivity contribution in [2.24, 2.45) is 5.92 Å². The lowest BCUT2D eigenvalue weighted by Gasteiger charge is -2.22. The van der Waals surface area contributed by atoms with Gasteiger partial charge in [0.2, 0.25) is 0 Å². The lowest BCUT2D eigenvalue weighted by atomic mass is 10.1. The first-order valence-corrected chi connectivity index (χ1v) is 8.12. The summed E-state index contributed by atoms with van der Waals surface area (Å²) in [5.74, 6) is 0.0850. The van der Waals surface area contributed by atoms with E-state index >= 15 is 0 Å². The Bertz CT molecular complexity index is 386. The molecule has 0 aromatic heterocycles. The molecule has 6 heteroatoms. The van der Waals surface area contributed by atoms with Gasteiger partial charge >= 0.3 is 0 Å². The van der Waals surface area contributed by atoms with Crippen LogP contribution in [0.25, 0.3) is 0 Å². The number of nitrogens with one attached hydrogen (secondary N) is 1. The second-order valence-electron chi connectivity index (χ2n) is 5.11. The SMILES string of the molecule is O=S(=O)(N[C@@H]1C=C[C@H](CO)C1)N1CCCCCC1. The van der Waals surface area contributed by atoms with Crippen LogP contribution < -0.4 is 4.72 Å². The fourth-order valence-corrected chi connectivity index (χ4v) is 3.99. The van der Waals surface area contributed by atoms with Crippen molar-refractivity contribution in [3.05, 3.63) is 12.2 Å². The van der Waals surface area contributed by atoms with Gasteiger partial charge in [0, 0.05) is 31.7 Å². The molecule has 2 N–H and O–H groups in total. The zero-order valence-corrected chi connectivity index (χ0v) is 11.4. The summed E-state index contributed by atoms with van der Waals surface area (Å²) >= 11 is 0. The minimum absolute atomic E-state index is 0.0818. The molecule has 0 unspecified atom stereocenters. The van der Waals surface area contributed by atoms with Crippen LogP contribution >= 0.6 is 0 Å². The molecule has 1 aliphatic carbocycles. The summed E-state index contributed by atoms with van der Waals surface area (Å²) in [4.78, 5) is 0. The van der Waals surface area contributed by atoms with Gasteiger partial charge in [-0.3, -0.25) is 0 Å². The van der Waals surface area contributed by atoms with E-state index in [1.54, 1.807) is 4.31 Å². The molecule has 1 aliphatic heterocycles. The van der Waals surface area contributed by atoms with E-state index in [2.05, 4.69) is 4.72 Å². The monoisotopic (exact) mass is 274 g/mol. The minimum atomic E-state index is -3.37. The number of nitrogens with zero attached hydrogens (tertiary/aromatic N) is 1. The van der Waals surface area contributed by atoms with Gasteiger partial charge < -0.3 is 5.11 Å². The van der Waals surface area contributed by atoms with Gasteiger partial charge in [-0.05, 0) is 19.3 Å². The van der Waals surface area contributed by atoms with Gasteiger partial charge in [-0.1, -0.05) is 25.0 Å². The lowest BCUT2D eigenvalue weighted by molar-refractivity contribution is 0.248. The van der Waals surface area contributed by atoms with Crippen molar-refractivity contribution in [3.63, 3.8) is 0 Å². The average Bonchev–Trinajstić information content (AvgIpc) is 2.62. The number of aliphatic hydroxyl groups is 1. The first kappa shape index (κ1) is 14.0. The Morgan fingerprint density at radius 2 is 1.83 bits per heavy atom. The van der Waals surface area contributed by atoms with Gasteiger partial charge in [0.15, 0.2) is 0 Å². The molecule has 0 spiro atoms. The van der Waals surface area contributed by atoms with Crippen molar-refractivity contribution in [1.82, 2.24) is 9.03 Å². The van der Waals surface area contributed by atoms with Crippen LogP contribution in [0.15, 0.2) is 12.2 Å². The first-order valence-electron chi connectivity index (χ1n) is 6.68. The van der Waals surface area contributed by atoms with Crippen LogP contribution in [0.3, 0.4) is 0 Å². The molecule has 0 radical (unpaired) electrons. The maximum atomic E-state index is 12.2. The summed E-state index contributed by atoms with van der Waals surface area (Å²) in [5, 5.41) is 9.03. The van der Waals surface area contributed by atoms with Crippen LogP contribution in [0, 0.1) is 5.92 Å². The first-order chi connectivity index (χ1) is 8.62. The van der Waals surface area contributed by atoms with Gasteiger partial charge in [-0.25, -0.2) is 0 Å². The normalized spacial score (nSPS) is 30.5. The quantitative estimate of drug-likeness (QED) is 0.739. The van der Waals surface area contributed by atoms with Gasteiger partial charge in [0.1, 0.15) is 0 Å². The predicted molar refractivity (Wildman–Crippen MR) is 70.2 cm³/mol. The Kier molecular flexibility index (Phi) is 4.77. The third-order valence-corrected chi connectivity index (χ3v) is 5.26. The van der Waals surface area contributed by atoms with Gasteiger partial charge in [0.05, 0.1) is 0 Å². The maximum Gasteiger partial charge on any atom is 0.279 e. The highest BCUT2D eigenvalue weighted by atomic mass is 32.2. The summed E-state index contributed by atoms with van der Waals surface area (Å²) in [5.41, 5.74) is 0. The molecule has 1 heterocycles. The Balaban J connectivity index is 1.92. The molecule has 5 nitrogen and oxygen atoms in total. The van der Waals surface area contributed by atoms with E-state index in [1.807, 2.05) is 12.2 Å². The van der Waals surface area contributed by atoms with Crippen LogP contribution in [-0.2, 0) is 10.2 Å².